The molecule has 4 heterocycles. The second-order valence-corrected chi connectivity index (χ2v) is 9.46. The molecule has 2 aliphatic rings. The zero-order chi connectivity index (χ0) is 19.1. The minimum absolute atomic E-state index is 0.00866. The minimum Gasteiger partial charge on any atom is -0.343 e. The Balaban J connectivity index is 1.40. The van der Waals surface area contributed by atoms with E-state index in [2.05, 4.69) is 15.2 Å². The van der Waals surface area contributed by atoms with Crippen LogP contribution in [0.2, 0.25) is 0 Å². The van der Waals surface area contributed by atoms with Crippen molar-refractivity contribution in [3.8, 4) is 0 Å². The number of likely N-dealkylation sites (tertiary alicyclic amines) is 1. The van der Waals surface area contributed by atoms with E-state index in [9.17, 15) is 9.59 Å². The highest BCUT2D eigenvalue weighted by atomic mass is 32.2. The predicted molar refractivity (Wildman–Crippen MR) is 106 cm³/mol. The molecule has 0 spiro atoms. The van der Waals surface area contributed by atoms with Crippen molar-refractivity contribution in [2.45, 2.75) is 57.1 Å². The van der Waals surface area contributed by atoms with E-state index in [-0.39, 0.29) is 17.5 Å². The second-order valence-electron chi connectivity index (χ2n) is 7.26. The maximum Gasteiger partial charge on any atom is 0.257 e. The van der Waals surface area contributed by atoms with Gasteiger partial charge < -0.3 is 4.90 Å². The SMILES string of the molecule is Cc1nnc(C2CCN(C(=O)CC3CSc4nc(C)c(C)c(=O)n43)CC2)s1. The quantitative estimate of drug-likeness (QED) is 0.730. The molecule has 1 fully saturated rings. The van der Waals surface area contributed by atoms with E-state index in [4.69, 9.17) is 0 Å². The average Bonchev–Trinajstić information content (AvgIpc) is 3.26. The monoisotopic (exact) mass is 405 g/mol. The van der Waals surface area contributed by atoms with Crippen LogP contribution in [0.3, 0.4) is 0 Å². The largest absolute Gasteiger partial charge is 0.343 e. The first kappa shape index (κ1) is 18.6. The molecule has 0 saturated carbocycles. The Kier molecular flexibility index (Phi) is 5.07. The Morgan fingerprint density at radius 2 is 1.93 bits per heavy atom. The Labute approximate surface area is 166 Å². The van der Waals surface area contributed by atoms with Gasteiger partial charge in [-0.05, 0) is 33.6 Å². The molecule has 1 unspecified atom stereocenters. The predicted octanol–water partition coefficient (Wildman–Crippen LogP) is 2.46. The Morgan fingerprint density at radius 3 is 2.59 bits per heavy atom. The molecule has 27 heavy (non-hydrogen) atoms. The molecule has 2 aliphatic heterocycles. The van der Waals surface area contributed by atoms with Crippen molar-refractivity contribution in [2.75, 3.05) is 18.8 Å². The molecule has 0 bridgehead atoms. The molecule has 1 atom stereocenters. The van der Waals surface area contributed by atoms with E-state index in [1.165, 1.54) is 0 Å². The van der Waals surface area contributed by atoms with E-state index in [0.29, 0.717) is 17.9 Å². The van der Waals surface area contributed by atoms with Gasteiger partial charge in [-0.1, -0.05) is 11.8 Å². The zero-order valence-electron chi connectivity index (χ0n) is 15.8. The summed E-state index contributed by atoms with van der Waals surface area (Å²) in [5, 5.41) is 11.2. The van der Waals surface area contributed by atoms with Crippen molar-refractivity contribution in [1.82, 2.24) is 24.6 Å². The van der Waals surface area contributed by atoms with Crippen LogP contribution in [0.25, 0.3) is 0 Å². The normalized spacial score (nSPS) is 20.1. The summed E-state index contributed by atoms with van der Waals surface area (Å²) >= 11 is 3.22. The third kappa shape index (κ3) is 3.54. The van der Waals surface area contributed by atoms with Gasteiger partial charge in [0.25, 0.3) is 5.56 Å². The number of thioether (sulfide) groups is 1. The van der Waals surface area contributed by atoms with Gasteiger partial charge in [0.1, 0.15) is 10.0 Å². The van der Waals surface area contributed by atoms with Crippen LogP contribution >= 0.6 is 23.1 Å². The number of piperidine rings is 1. The van der Waals surface area contributed by atoms with Crippen LogP contribution < -0.4 is 5.56 Å². The summed E-state index contributed by atoms with van der Waals surface area (Å²) in [6.07, 6.45) is 2.22. The van der Waals surface area contributed by atoms with Crippen LogP contribution in [0.1, 0.15) is 52.5 Å². The molecule has 4 rings (SSSR count). The van der Waals surface area contributed by atoms with Gasteiger partial charge in [-0.2, -0.15) is 0 Å². The molecule has 0 aliphatic carbocycles. The van der Waals surface area contributed by atoms with Gasteiger partial charge in [0, 0.05) is 42.4 Å². The number of carbonyl (C=O) groups excluding carboxylic acids is 1. The first-order chi connectivity index (χ1) is 12.9. The van der Waals surface area contributed by atoms with Gasteiger partial charge in [0.15, 0.2) is 5.16 Å². The molecule has 7 nitrogen and oxygen atoms in total. The van der Waals surface area contributed by atoms with Crippen molar-refractivity contribution in [2.24, 2.45) is 0 Å². The van der Waals surface area contributed by atoms with Crippen LogP contribution in [0.15, 0.2) is 9.95 Å². The van der Waals surface area contributed by atoms with Crippen LogP contribution in [0.5, 0.6) is 0 Å². The lowest BCUT2D eigenvalue weighted by Gasteiger charge is -2.31. The van der Waals surface area contributed by atoms with Gasteiger partial charge in [0.2, 0.25) is 5.91 Å². The molecule has 144 valence electrons. The molecule has 2 aromatic heterocycles. The van der Waals surface area contributed by atoms with Gasteiger partial charge >= 0.3 is 0 Å². The van der Waals surface area contributed by atoms with E-state index in [1.54, 1.807) is 34.6 Å². The fraction of sp³-hybridized carbons (Fsp3) is 0.611. The zero-order valence-corrected chi connectivity index (χ0v) is 17.4. The number of carbonyl (C=O) groups is 1. The third-order valence-electron chi connectivity index (χ3n) is 5.47. The highest BCUT2D eigenvalue weighted by Gasteiger charge is 2.32. The topological polar surface area (TPSA) is 81.0 Å². The van der Waals surface area contributed by atoms with Crippen molar-refractivity contribution in [3.63, 3.8) is 0 Å². The smallest absolute Gasteiger partial charge is 0.257 e. The van der Waals surface area contributed by atoms with Crippen LogP contribution in [0.4, 0.5) is 0 Å². The highest BCUT2D eigenvalue weighted by Crippen LogP contribution is 2.34. The van der Waals surface area contributed by atoms with Crippen molar-refractivity contribution >= 4 is 29.0 Å². The van der Waals surface area contributed by atoms with E-state index in [0.717, 1.165) is 52.5 Å². The number of nitrogens with zero attached hydrogens (tertiary/aromatic N) is 5. The molecular weight excluding hydrogens is 382 g/mol. The van der Waals surface area contributed by atoms with E-state index in [1.807, 2.05) is 18.7 Å². The van der Waals surface area contributed by atoms with Gasteiger partial charge in [0.05, 0.1) is 6.04 Å². The van der Waals surface area contributed by atoms with Gasteiger partial charge in [-0.3, -0.25) is 14.2 Å². The maximum absolute atomic E-state index is 12.8. The number of rotatable bonds is 3. The number of aryl methyl sites for hydroxylation is 2. The Bertz CT molecular complexity index is 930. The molecule has 1 saturated heterocycles. The Hall–Kier alpha value is -1.74. The fourth-order valence-electron chi connectivity index (χ4n) is 3.71. The fourth-order valence-corrected chi connectivity index (χ4v) is 5.76. The summed E-state index contributed by atoms with van der Waals surface area (Å²) in [5.41, 5.74) is 1.44. The summed E-state index contributed by atoms with van der Waals surface area (Å²) < 4.78 is 1.72. The number of hydrogen-bond donors (Lipinski definition) is 0. The van der Waals surface area contributed by atoms with E-state index >= 15 is 0 Å². The lowest BCUT2D eigenvalue weighted by molar-refractivity contribution is -0.133. The molecule has 0 N–H and O–H groups in total. The molecule has 0 aromatic carbocycles. The van der Waals surface area contributed by atoms with Crippen molar-refractivity contribution in [3.05, 3.63) is 31.6 Å². The second kappa shape index (κ2) is 7.35. The average molecular weight is 406 g/mol. The molecule has 0 radical (unpaired) electrons. The Morgan fingerprint density at radius 1 is 1.19 bits per heavy atom. The van der Waals surface area contributed by atoms with Crippen molar-refractivity contribution < 1.29 is 4.79 Å². The maximum atomic E-state index is 12.8. The van der Waals surface area contributed by atoms with Gasteiger partial charge in [-0.15, -0.1) is 21.5 Å². The number of hydrogen-bond acceptors (Lipinski definition) is 7. The summed E-state index contributed by atoms with van der Waals surface area (Å²) in [5.74, 6) is 1.27. The summed E-state index contributed by atoms with van der Waals surface area (Å²) in [6.45, 7) is 7.13. The molecular formula is C18H23N5O2S2. The molecule has 9 heteroatoms. The third-order valence-corrected chi connectivity index (χ3v) is 7.57. The highest BCUT2D eigenvalue weighted by molar-refractivity contribution is 7.99. The van der Waals surface area contributed by atoms with Gasteiger partial charge in [-0.25, -0.2) is 4.98 Å². The lowest BCUT2D eigenvalue weighted by Crippen LogP contribution is -2.39. The van der Waals surface area contributed by atoms with Crippen LogP contribution in [-0.2, 0) is 4.79 Å². The summed E-state index contributed by atoms with van der Waals surface area (Å²) in [4.78, 5) is 31.9. The summed E-state index contributed by atoms with van der Waals surface area (Å²) in [6, 6.07) is -0.0969. The summed E-state index contributed by atoms with van der Waals surface area (Å²) in [7, 11) is 0. The molecule has 2 aromatic rings. The van der Waals surface area contributed by atoms with E-state index < -0.39 is 0 Å². The number of aromatic nitrogens is 4. The minimum atomic E-state index is -0.0969. The number of amides is 1. The molecule has 1 amide bonds. The first-order valence-electron chi connectivity index (χ1n) is 9.24. The number of fused-ring (bicyclic) bond motifs is 1. The van der Waals surface area contributed by atoms with Crippen LogP contribution in [0, 0.1) is 20.8 Å². The van der Waals surface area contributed by atoms with Crippen LogP contribution in [-0.4, -0.2) is 49.4 Å². The first-order valence-corrected chi connectivity index (χ1v) is 11.0. The lowest BCUT2D eigenvalue weighted by atomic mass is 9.97. The van der Waals surface area contributed by atoms with Crippen molar-refractivity contribution in [1.29, 1.82) is 0 Å². The standard InChI is InChI=1S/C18H23N5O2S2/c1-10-11(2)19-18-23(17(10)25)14(9-26-18)8-15(24)22-6-4-13(5-7-22)16-21-20-12(3)27-16/h13-14H,4-9H2,1-3H3.